The molecule has 0 heterocycles. The van der Waals surface area contributed by atoms with Gasteiger partial charge in [-0.05, 0) is 79.1 Å². The summed E-state index contributed by atoms with van der Waals surface area (Å²) in [5.74, 6) is -0.526. The van der Waals surface area contributed by atoms with Crippen LogP contribution in [0.25, 0.3) is 11.1 Å². The van der Waals surface area contributed by atoms with Gasteiger partial charge in [-0.3, -0.25) is 13.9 Å². The molecule has 1 unspecified atom stereocenters. The van der Waals surface area contributed by atoms with Crippen LogP contribution >= 0.6 is 10.8 Å². The number of halogens is 1. The van der Waals surface area contributed by atoms with Crippen molar-refractivity contribution >= 4 is 22.4 Å². The lowest BCUT2D eigenvalue weighted by Crippen LogP contribution is -2.35. The Bertz CT molecular complexity index is 1200. The quantitative estimate of drug-likeness (QED) is 0.292. The zero-order chi connectivity index (χ0) is 25.7. The molecule has 1 amide bonds. The minimum atomic E-state index is -3.33. The molecule has 3 aromatic carbocycles. The highest BCUT2D eigenvalue weighted by Crippen LogP contribution is 2.50. The number of nitrogens with one attached hydrogen (secondary N) is 1. The van der Waals surface area contributed by atoms with E-state index in [0.717, 1.165) is 22.3 Å². The van der Waals surface area contributed by atoms with E-state index in [0.29, 0.717) is 42.8 Å². The van der Waals surface area contributed by atoms with Gasteiger partial charge in [0.15, 0.2) is 0 Å². The van der Waals surface area contributed by atoms with Crippen LogP contribution in [0.3, 0.4) is 0 Å². The van der Waals surface area contributed by atoms with E-state index in [-0.39, 0.29) is 23.7 Å². The molecule has 190 valence electrons. The molecule has 0 radical (unpaired) electrons. The first-order chi connectivity index (χ1) is 17.2. The Labute approximate surface area is 213 Å². The van der Waals surface area contributed by atoms with Crippen molar-refractivity contribution in [1.29, 1.82) is 0 Å². The summed E-state index contributed by atoms with van der Waals surface area (Å²) in [4.78, 5) is 13.1. The second kappa shape index (κ2) is 11.3. The molecule has 0 bridgehead atoms. The highest BCUT2D eigenvalue weighted by Gasteiger charge is 2.27. The van der Waals surface area contributed by atoms with E-state index in [2.05, 4.69) is 9.71 Å². The van der Waals surface area contributed by atoms with Gasteiger partial charge in [0.05, 0.1) is 10.9 Å². The Kier molecular flexibility index (Phi) is 8.21. The van der Waals surface area contributed by atoms with Crippen LogP contribution in [-0.4, -0.2) is 20.7 Å². The summed E-state index contributed by atoms with van der Waals surface area (Å²) < 4.78 is 38.9. The van der Waals surface area contributed by atoms with Gasteiger partial charge < -0.3 is 11.1 Å². The Balaban J connectivity index is 1.34. The highest BCUT2D eigenvalue weighted by atomic mass is 32.3. The summed E-state index contributed by atoms with van der Waals surface area (Å²) in [6, 6.07) is 20.9. The van der Waals surface area contributed by atoms with Crippen molar-refractivity contribution in [1.82, 2.24) is 5.32 Å². The first-order valence-electron chi connectivity index (χ1n) is 12.1. The van der Waals surface area contributed by atoms with Crippen molar-refractivity contribution in [3.8, 4) is 11.1 Å². The van der Waals surface area contributed by atoms with Gasteiger partial charge in [0.25, 0.3) is 0 Å². The first kappa shape index (κ1) is 26.0. The second-order valence-electron chi connectivity index (χ2n) is 9.16. The fraction of sp³-hybridized carbons (Fsp3) is 0.286. The van der Waals surface area contributed by atoms with Crippen molar-refractivity contribution in [2.75, 3.05) is 0 Å². The number of benzene rings is 3. The summed E-state index contributed by atoms with van der Waals surface area (Å²) >= 11 is 0. The normalized spacial score (nSPS) is 17.4. The Morgan fingerprint density at radius 2 is 1.56 bits per heavy atom. The zero-order valence-corrected chi connectivity index (χ0v) is 21.0. The summed E-state index contributed by atoms with van der Waals surface area (Å²) in [5.41, 5.74) is 10.2. The lowest BCUT2D eigenvalue weighted by Gasteiger charge is -2.30. The molecule has 0 spiro atoms. The molecule has 8 heteroatoms. The van der Waals surface area contributed by atoms with Gasteiger partial charge in [-0.2, -0.15) is 4.40 Å². The van der Waals surface area contributed by atoms with Crippen LogP contribution in [0.2, 0.25) is 0 Å². The summed E-state index contributed by atoms with van der Waals surface area (Å²) in [6.07, 6.45) is 2.25. The number of rotatable bonds is 7. The van der Waals surface area contributed by atoms with Gasteiger partial charge in [0.2, 0.25) is 5.91 Å². The van der Waals surface area contributed by atoms with E-state index in [4.69, 9.17) is 5.73 Å². The van der Waals surface area contributed by atoms with Crippen molar-refractivity contribution < 1.29 is 18.3 Å². The molecule has 5 N–H and O–H groups in total. The third-order valence-electron chi connectivity index (χ3n) is 6.61. The molecule has 1 fully saturated rings. The zero-order valence-electron chi connectivity index (χ0n) is 20.2. The van der Waals surface area contributed by atoms with Crippen LogP contribution < -0.4 is 11.1 Å². The predicted octanol–water partition coefficient (Wildman–Crippen LogP) is 6.48. The monoisotopic (exact) mass is 509 g/mol. The maximum Gasteiger partial charge on any atom is 0.223 e. The number of carbonyl (C=O) groups excluding carboxylic acids is 1. The number of nitrogens with two attached hydrogens (primary N) is 1. The Hall–Kier alpha value is -3.04. The number of hydrogen-bond acceptors (Lipinski definition) is 5. The fourth-order valence-electron chi connectivity index (χ4n) is 4.37. The lowest BCUT2D eigenvalue weighted by atomic mass is 9.87. The minimum Gasteiger partial charge on any atom is -0.349 e. The molecule has 1 aliphatic rings. The molecule has 6 nitrogen and oxygen atoms in total. The SMILES string of the molecule is CC(NC(=O)C1CCC(=NS(O)(O)c2ccc(-c3ccc(CN)cc3)cc2)CC1)c1ccc(F)cc1. The lowest BCUT2D eigenvalue weighted by molar-refractivity contribution is -0.126. The highest BCUT2D eigenvalue weighted by molar-refractivity contribution is 8.23. The van der Waals surface area contributed by atoms with Crippen molar-refractivity contribution in [2.24, 2.45) is 16.0 Å². The first-order valence-corrected chi connectivity index (χ1v) is 13.6. The Morgan fingerprint density at radius 3 is 2.11 bits per heavy atom. The third-order valence-corrected chi connectivity index (χ3v) is 8.03. The van der Waals surface area contributed by atoms with E-state index in [1.165, 1.54) is 12.1 Å². The van der Waals surface area contributed by atoms with Crippen LogP contribution in [0, 0.1) is 11.7 Å². The van der Waals surface area contributed by atoms with Gasteiger partial charge in [0, 0.05) is 18.2 Å². The maximum absolute atomic E-state index is 13.1. The van der Waals surface area contributed by atoms with E-state index < -0.39 is 10.8 Å². The molecule has 0 saturated heterocycles. The van der Waals surface area contributed by atoms with Gasteiger partial charge in [-0.15, -0.1) is 0 Å². The second-order valence-corrected chi connectivity index (χ2v) is 10.8. The smallest absolute Gasteiger partial charge is 0.223 e. The minimum absolute atomic E-state index is 0.0485. The molecule has 0 aromatic heterocycles. The van der Waals surface area contributed by atoms with E-state index in [1.54, 1.807) is 24.3 Å². The van der Waals surface area contributed by atoms with E-state index >= 15 is 0 Å². The van der Waals surface area contributed by atoms with Crippen LogP contribution in [0.15, 0.2) is 82.1 Å². The van der Waals surface area contributed by atoms with Gasteiger partial charge >= 0.3 is 0 Å². The van der Waals surface area contributed by atoms with Crippen molar-refractivity contribution in [2.45, 2.75) is 50.1 Å². The molecule has 1 aliphatic carbocycles. The van der Waals surface area contributed by atoms with E-state index in [9.17, 15) is 18.3 Å². The fourth-order valence-corrected chi connectivity index (χ4v) is 5.52. The van der Waals surface area contributed by atoms with Gasteiger partial charge in [0.1, 0.15) is 5.82 Å². The van der Waals surface area contributed by atoms with Crippen LogP contribution in [0.1, 0.15) is 49.8 Å². The summed E-state index contributed by atoms with van der Waals surface area (Å²) in [6.45, 7) is 2.36. The van der Waals surface area contributed by atoms with Crippen LogP contribution in [0.5, 0.6) is 0 Å². The van der Waals surface area contributed by atoms with Gasteiger partial charge in [-0.1, -0.05) is 59.3 Å². The molecule has 1 saturated carbocycles. The molecule has 1 atom stereocenters. The molecular formula is C28H32FN3O3S. The van der Waals surface area contributed by atoms with Crippen molar-refractivity contribution in [3.63, 3.8) is 0 Å². The van der Waals surface area contributed by atoms with Crippen LogP contribution in [0.4, 0.5) is 4.39 Å². The average Bonchev–Trinajstić information content (AvgIpc) is 2.89. The van der Waals surface area contributed by atoms with E-state index in [1.807, 2.05) is 43.3 Å². The summed E-state index contributed by atoms with van der Waals surface area (Å²) in [5, 5.41) is 3.00. The molecular weight excluding hydrogens is 477 g/mol. The van der Waals surface area contributed by atoms with Crippen LogP contribution in [-0.2, 0) is 11.3 Å². The summed E-state index contributed by atoms with van der Waals surface area (Å²) in [7, 11) is -3.33. The number of nitrogens with zero attached hydrogens (tertiary/aromatic N) is 1. The standard InChI is InChI=1S/C28H32FN3O3S/c1-19(21-6-12-25(29)13-7-21)31-28(33)24-8-14-26(15-9-24)32-36(34,35)27-16-10-23(11-17-27)22-4-2-20(18-30)3-5-22/h2-7,10-13,16-17,19,24,34-35H,8-9,14-15,18,30H2,1H3,(H,31,33). The molecule has 4 rings (SSSR count). The Morgan fingerprint density at radius 1 is 1.00 bits per heavy atom. The average molecular weight is 510 g/mol. The molecule has 36 heavy (non-hydrogen) atoms. The van der Waals surface area contributed by atoms with Gasteiger partial charge in [-0.25, -0.2) is 4.39 Å². The maximum atomic E-state index is 13.1. The van der Waals surface area contributed by atoms with Crippen molar-refractivity contribution in [3.05, 3.63) is 89.7 Å². The largest absolute Gasteiger partial charge is 0.349 e. The number of amides is 1. The topological polar surface area (TPSA) is 108 Å². The predicted molar refractivity (Wildman–Crippen MR) is 143 cm³/mol. The third kappa shape index (κ3) is 6.39. The number of hydrogen-bond donors (Lipinski definition) is 4. The number of carbonyl (C=O) groups is 1. The molecule has 0 aliphatic heterocycles. The molecule has 3 aromatic rings.